The number of nitrogens with zero attached hydrogens (tertiary/aromatic N) is 2. The predicted molar refractivity (Wildman–Crippen MR) is 176 cm³/mol. The highest BCUT2D eigenvalue weighted by Gasteiger charge is 2.34. The summed E-state index contributed by atoms with van der Waals surface area (Å²) in [5, 5.41) is 3.32. The van der Waals surface area contributed by atoms with E-state index in [1.54, 1.807) is 36.4 Å². The number of hydrogen-bond acceptors (Lipinski definition) is 4. The molecule has 4 aromatic carbocycles. The summed E-state index contributed by atoms with van der Waals surface area (Å²) in [7, 11) is -4.24. The number of anilines is 1. The van der Waals surface area contributed by atoms with Gasteiger partial charge >= 0.3 is 0 Å². The molecule has 0 aromatic heterocycles. The molecular formula is C35H37ClFN3O4S. The number of aryl methyl sites for hydroxylation is 1. The van der Waals surface area contributed by atoms with Crippen LogP contribution in [0.15, 0.2) is 108 Å². The second-order valence-electron chi connectivity index (χ2n) is 10.8. The summed E-state index contributed by atoms with van der Waals surface area (Å²) in [5.41, 5.74) is 2.62. The molecule has 4 rings (SSSR count). The molecule has 236 valence electrons. The molecule has 0 fully saturated rings. The zero-order chi connectivity index (χ0) is 32.4. The van der Waals surface area contributed by atoms with E-state index in [4.69, 9.17) is 11.6 Å². The number of carbonyl (C=O) groups excluding carboxylic acids is 2. The maximum atomic E-state index is 14.4. The Morgan fingerprint density at radius 2 is 1.51 bits per heavy atom. The third kappa shape index (κ3) is 9.15. The van der Waals surface area contributed by atoms with Crippen LogP contribution in [-0.4, -0.2) is 44.3 Å². The molecule has 10 heteroatoms. The molecular weight excluding hydrogens is 613 g/mol. The first-order valence-electron chi connectivity index (χ1n) is 14.8. The van der Waals surface area contributed by atoms with Gasteiger partial charge in [0, 0.05) is 24.5 Å². The highest BCUT2D eigenvalue weighted by Crippen LogP contribution is 2.26. The summed E-state index contributed by atoms with van der Waals surface area (Å²) in [6.07, 6.45) is 1.83. The molecule has 0 bridgehead atoms. The smallest absolute Gasteiger partial charge is 0.264 e. The van der Waals surface area contributed by atoms with Crippen LogP contribution < -0.4 is 9.62 Å². The largest absolute Gasteiger partial charge is 0.354 e. The van der Waals surface area contributed by atoms with Crippen molar-refractivity contribution in [1.29, 1.82) is 0 Å². The quantitative estimate of drug-likeness (QED) is 0.157. The fourth-order valence-corrected chi connectivity index (χ4v) is 6.36. The minimum absolute atomic E-state index is 0.0384. The second-order valence-corrected chi connectivity index (χ2v) is 13.1. The SMILES string of the molecule is CCCCNC(=O)[C@H](Cc1ccccc1)N(Cc1ccc(F)cc1)C(=O)CN(c1ccc(C)cc1)S(=O)(=O)c1ccc(Cl)cc1. The fourth-order valence-electron chi connectivity index (χ4n) is 4.82. The standard InChI is InChI=1S/C35H37ClFN3O4S/c1-3-4-22-38-35(42)33(23-27-8-6-5-7-9-27)39(24-28-12-16-30(37)17-13-28)34(41)25-40(31-18-10-26(2)11-19-31)45(43,44)32-20-14-29(36)15-21-32/h5-21,33H,3-4,22-25H2,1-2H3,(H,38,42)/t33-/m0/s1. The minimum Gasteiger partial charge on any atom is -0.354 e. The van der Waals surface area contributed by atoms with Crippen molar-refractivity contribution in [3.05, 3.63) is 131 Å². The normalized spacial score (nSPS) is 11.9. The molecule has 0 aliphatic rings. The molecule has 0 spiro atoms. The van der Waals surface area contributed by atoms with Gasteiger partial charge in [-0.1, -0.05) is 85.1 Å². The first-order chi connectivity index (χ1) is 21.6. The summed E-state index contributed by atoms with van der Waals surface area (Å²) in [6.45, 7) is 3.70. The second kappa shape index (κ2) is 15.7. The molecule has 4 aromatic rings. The van der Waals surface area contributed by atoms with E-state index in [1.807, 2.05) is 44.2 Å². The average molecular weight is 650 g/mol. The predicted octanol–water partition coefficient (Wildman–Crippen LogP) is 6.54. The summed E-state index contributed by atoms with van der Waals surface area (Å²) >= 11 is 6.03. The highest BCUT2D eigenvalue weighted by molar-refractivity contribution is 7.92. The third-order valence-corrected chi connectivity index (χ3v) is 9.41. The van der Waals surface area contributed by atoms with Gasteiger partial charge in [-0.2, -0.15) is 0 Å². The van der Waals surface area contributed by atoms with Crippen molar-refractivity contribution in [2.24, 2.45) is 0 Å². The molecule has 0 unspecified atom stereocenters. The zero-order valence-electron chi connectivity index (χ0n) is 25.3. The van der Waals surface area contributed by atoms with Crippen LogP contribution in [0.3, 0.4) is 0 Å². The van der Waals surface area contributed by atoms with Crippen molar-refractivity contribution in [1.82, 2.24) is 10.2 Å². The molecule has 7 nitrogen and oxygen atoms in total. The lowest BCUT2D eigenvalue weighted by Crippen LogP contribution is -2.53. The van der Waals surface area contributed by atoms with Crippen LogP contribution in [0.4, 0.5) is 10.1 Å². The van der Waals surface area contributed by atoms with Crippen molar-refractivity contribution < 1.29 is 22.4 Å². The molecule has 0 saturated heterocycles. The van der Waals surface area contributed by atoms with Gasteiger partial charge < -0.3 is 10.2 Å². The molecule has 0 radical (unpaired) electrons. The number of amides is 2. The first-order valence-corrected chi connectivity index (χ1v) is 16.6. The summed E-state index contributed by atoms with van der Waals surface area (Å²) in [6, 6.07) is 26.5. The molecule has 45 heavy (non-hydrogen) atoms. The van der Waals surface area contributed by atoms with Gasteiger partial charge in [0.05, 0.1) is 10.6 Å². The zero-order valence-corrected chi connectivity index (χ0v) is 26.9. The Kier molecular flexibility index (Phi) is 11.7. The van der Waals surface area contributed by atoms with Crippen LogP contribution in [0, 0.1) is 12.7 Å². The van der Waals surface area contributed by atoms with Crippen LogP contribution in [0.1, 0.15) is 36.5 Å². The van der Waals surface area contributed by atoms with Gasteiger partial charge in [-0.05, 0) is 73.0 Å². The molecule has 0 saturated carbocycles. The number of carbonyl (C=O) groups is 2. The Hall–Kier alpha value is -4.21. The van der Waals surface area contributed by atoms with Gasteiger partial charge in [0.15, 0.2) is 0 Å². The highest BCUT2D eigenvalue weighted by atomic mass is 35.5. The third-order valence-electron chi connectivity index (χ3n) is 7.37. The van der Waals surface area contributed by atoms with E-state index >= 15 is 0 Å². The van der Waals surface area contributed by atoms with E-state index < -0.39 is 34.3 Å². The molecule has 1 atom stereocenters. The lowest BCUT2D eigenvalue weighted by molar-refractivity contribution is -0.140. The van der Waals surface area contributed by atoms with E-state index in [2.05, 4.69) is 5.32 Å². The number of unbranched alkanes of at least 4 members (excludes halogenated alkanes) is 1. The van der Waals surface area contributed by atoms with Gasteiger partial charge in [-0.3, -0.25) is 13.9 Å². The first kappa shape index (κ1) is 33.7. The van der Waals surface area contributed by atoms with Gasteiger partial charge in [0.1, 0.15) is 18.4 Å². The number of nitrogens with one attached hydrogen (secondary N) is 1. The van der Waals surface area contributed by atoms with Crippen LogP contribution in [0.25, 0.3) is 0 Å². The van der Waals surface area contributed by atoms with Crippen molar-refractivity contribution >= 4 is 39.1 Å². The van der Waals surface area contributed by atoms with Crippen LogP contribution in [0.5, 0.6) is 0 Å². The number of benzene rings is 4. The fraction of sp³-hybridized carbons (Fsp3) is 0.257. The molecule has 0 heterocycles. The van der Waals surface area contributed by atoms with Crippen LogP contribution in [0.2, 0.25) is 5.02 Å². The maximum Gasteiger partial charge on any atom is 0.264 e. The Morgan fingerprint density at radius 3 is 2.13 bits per heavy atom. The molecule has 2 amide bonds. The monoisotopic (exact) mass is 649 g/mol. The maximum absolute atomic E-state index is 14.4. The number of rotatable bonds is 14. The van der Waals surface area contributed by atoms with Crippen molar-refractivity contribution in [3.63, 3.8) is 0 Å². The summed E-state index contributed by atoms with van der Waals surface area (Å²) < 4.78 is 42.9. The summed E-state index contributed by atoms with van der Waals surface area (Å²) in [4.78, 5) is 29.5. The van der Waals surface area contributed by atoms with Gasteiger partial charge in [-0.15, -0.1) is 0 Å². The van der Waals surface area contributed by atoms with Crippen molar-refractivity contribution in [2.45, 2.75) is 50.6 Å². The van der Waals surface area contributed by atoms with E-state index in [1.165, 1.54) is 41.3 Å². The lowest BCUT2D eigenvalue weighted by Gasteiger charge is -2.34. The number of sulfonamides is 1. The lowest BCUT2D eigenvalue weighted by atomic mass is 10.0. The Morgan fingerprint density at radius 1 is 0.867 bits per heavy atom. The molecule has 1 N–H and O–H groups in total. The Labute approximate surface area is 269 Å². The van der Waals surface area contributed by atoms with Crippen molar-refractivity contribution in [2.75, 3.05) is 17.4 Å². The number of halogens is 2. The Bertz CT molecular complexity index is 1670. The van der Waals surface area contributed by atoms with E-state index in [0.29, 0.717) is 17.1 Å². The van der Waals surface area contributed by atoms with E-state index in [0.717, 1.165) is 28.3 Å². The number of hydrogen-bond donors (Lipinski definition) is 1. The average Bonchev–Trinajstić information content (AvgIpc) is 3.03. The van der Waals surface area contributed by atoms with Gasteiger partial charge in [-0.25, -0.2) is 12.8 Å². The van der Waals surface area contributed by atoms with Gasteiger partial charge in [0.2, 0.25) is 11.8 Å². The van der Waals surface area contributed by atoms with E-state index in [9.17, 15) is 22.4 Å². The Balaban J connectivity index is 1.78. The van der Waals surface area contributed by atoms with Crippen molar-refractivity contribution in [3.8, 4) is 0 Å². The topological polar surface area (TPSA) is 86.8 Å². The van der Waals surface area contributed by atoms with Crippen LogP contribution in [-0.2, 0) is 32.6 Å². The minimum atomic E-state index is -4.24. The van der Waals surface area contributed by atoms with Crippen LogP contribution >= 0.6 is 11.6 Å². The van der Waals surface area contributed by atoms with Gasteiger partial charge in [0.25, 0.3) is 10.0 Å². The summed E-state index contributed by atoms with van der Waals surface area (Å²) in [5.74, 6) is -1.39. The molecule has 0 aliphatic heterocycles. The molecule has 0 aliphatic carbocycles. The van der Waals surface area contributed by atoms with E-state index in [-0.39, 0.29) is 29.5 Å².